The molecule has 2 aliphatic heterocycles. The molecule has 1 aromatic heterocycles. The number of nitrogens with one attached hydrogen (secondary N) is 1. The quantitative estimate of drug-likeness (QED) is 0.553. The van der Waals surface area contributed by atoms with Crippen molar-refractivity contribution in [1.82, 2.24) is 20.0 Å². The van der Waals surface area contributed by atoms with Crippen molar-refractivity contribution in [2.45, 2.75) is 37.5 Å². The van der Waals surface area contributed by atoms with E-state index in [4.69, 9.17) is 4.74 Å². The summed E-state index contributed by atoms with van der Waals surface area (Å²) in [5, 5.41) is 5.93. The molecule has 3 aliphatic rings. The van der Waals surface area contributed by atoms with Gasteiger partial charge in [-0.25, -0.2) is 0 Å². The SMILES string of the molecule is CN=C(NCC1(c2cccs2)CCCCC1)N1CCN(CC(=O)N2CCOCC2)CC1. The van der Waals surface area contributed by atoms with Gasteiger partial charge in [0, 0.05) is 63.2 Å². The molecule has 0 spiro atoms. The Hall–Kier alpha value is -1.64. The van der Waals surface area contributed by atoms with Crippen LogP contribution in [0.25, 0.3) is 0 Å². The van der Waals surface area contributed by atoms with E-state index >= 15 is 0 Å². The number of thiophene rings is 1. The van der Waals surface area contributed by atoms with Crippen LogP contribution < -0.4 is 5.32 Å². The van der Waals surface area contributed by atoms with E-state index in [0.717, 1.165) is 51.8 Å². The number of piperazine rings is 1. The van der Waals surface area contributed by atoms with Crippen LogP contribution in [0.4, 0.5) is 0 Å². The summed E-state index contributed by atoms with van der Waals surface area (Å²) < 4.78 is 5.36. The fourth-order valence-corrected chi connectivity index (χ4v) is 6.11. The Morgan fingerprint density at radius 1 is 1.10 bits per heavy atom. The highest BCUT2D eigenvalue weighted by Gasteiger charge is 2.35. The molecule has 0 aromatic carbocycles. The molecule has 7 nitrogen and oxygen atoms in total. The summed E-state index contributed by atoms with van der Waals surface area (Å²) in [5.41, 5.74) is 0.245. The maximum absolute atomic E-state index is 12.5. The van der Waals surface area contributed by atoms with Gasteiger partial charge in [-0.1, -0.05) is 25.3 Å². The number of morpholine rings is 1. The molecule has 1 amide bonds. The van der Waals surface area contributed by atoms with Crippen LogP contribution in [0.3, 0.4) is 0 Å². The predicted molar refractivity (Wildman–Crippen MR) is 126 cm³/mol. The van der Waals surface area contributed by atoms with E-state index in [2.05, 4.69) is 37.6 Å². The average Bonchev–Trinajstić information content (AvgIpc) is 3.37. The van der Waals surface area contributed by atoms with E-state index in [0.29, 0.717) is 19.8 Å². The van der Waals surface area contributed by atoms with Crippen molar-refractivity contribution >= 4 is 23.2 Å². The molecule has 0 radical (unpaired) electrons. The van der Waals surface area contributed by atoms with Crippen LogP contribution in [0.15, 0.2) is 22.5 Å². The third-order valence-corrected chi connectivity index (χ3v) is 8.16. The minimum absolute atomic E-state index is 0.231. The summed E-state index contributed by atoms with van der Waals surface area (Å²) >= 11 is 1.90. The van der Waals surface area contributed by atoms with Gasteiger partial charge in [0.2, 0.25) is 5.91 Å². The van der Waals surface area contributed by atoms with E-state index in [1.54, 1.807) is 0 Å². The zero-order chi connectivity index (χ0) is 21.5. The molecule has 3 heterocycles. The van der Waals surface area contributed by atoms with Crippen molar-refractivity contribution in [2.75, 3.05) is 72.6 Å². The normalized spacial score (nSPS) is 23.1. The number of aliphatic imine (C=N–C) groups is 1. The van der Waals surface area contributed by atoms with Crippen molar-refractivity contribution in [3.8, 4) is 0 Å². The Labute approximate surface area is 190 Å². The minimum atomic E-state index is 0.231. The summed E-state index contributed by atoms with van der Waals surface area (Å²) in [6, 6.07) is 4.49. The lowest BCUT2D eigenvalue weighted by molar-refractivity contribution is -0.136. The van der Waals surface area contributed by atoms with Crippen molar-refractivity contribution in [2.24, 2.45) is 4.99 Å². The Kier molecular flexibility index (Phi) is 7.85. The number of carbonyl (C=O) groups excluding carboxylic acids is 1. The zero-order valence-corrected chi connectivity index (χ0v) is 19.7. The smallest absolute Gasteiger partial charge is 0.236 e. The first-order chi connectivity index (χ1) is 15.2. The van der Waals surface area contributed by atoms with E-state index in [1.807, 2.05) is 23.3 Å². The molecule has 1 aromatic rings. The van der Waals surface area contributed by atoms with Crippen molar-refractivity contribution in [3.05, 3.63) is 22.4 Å². The molecule has 1 aliphatic carbocycles. The fraction of sp³-hybridized carbons (Fsp3) is 0.739. The number of rotatable bonds is 5. The summed E-state index contributed by atoms with van der Waals surface area (Å²) in [4.78, 5) is 25.2. The van der Waals surface area contributed by atoms with Gasteiger partial charge in [-0.2, -0.15) is 0 Å². The molecule has 31 heavy (non-hydrogen) atoms. The van der Waals surface area contributed by atoms with Gasteiger partial charge in [0.05, 0.1) is 19.8 Å². The molecule has 1 N–H and O–H groups in total. The fourth-order valence-electron chi connectivity index (χ4n) is 5.12. The van der Waals surface area contributed by atoms with Crippen molar-refractivity contribution in [1.29, 1.82) is 0 Å². The van der Waals surface area contributed by atoms with Gasteiger partial charge in [-0.15, -0.1) is 11.3 Å². The number of hydrogen-bond donors (Lipinski definition) is 1. The number of hydrogen-bond acceptors (Lipinski definition) is 5. The van der Waals surface area contributed by atoms with Crippen LogP contribution in [0.5, 0.6) is 0 Å². The van der Waals surface area contributed by atoms with E-state index in [9.17, 15) is 4.79 Å². The third-order valence-electron chi connectivity index (χ3n) is 7.05. The third kappa shape index (κ3) is 5.59. The standard InChI is InChI=1S/C23H37N5O2S/c1-24-22(25-19-23(7-3-2-4-8-23)20-6-5-17-31-20)28-11-9-26(10-12-28)18-21(29)27-13-15-30-16-14-27/h5-6,17H,2-4,7-16,18-19H2,1H3,(H,24,25). The molecule has 0 atom stereocenters. The molecule has 4 rings (SSSR count). The number of ether oxygens (including phenoxy) is 1. The average molecular weight is 448 g/mol. The molecule has 1 saturated carbocycles. The summed E-state index contributed by atoms with van der Waals surface area (Å²) in [6.45, 7) is 7.84. The van der Waals surface area contributed by atoms with Gasteiger partial charge in [-0.05, 0) is 24.3 Å². The molecule has 3 fully saturated rings. The second-order valence-electron chi connectivity index (χ2n) is 8.98. The lowest BCUT2D eigenvalue weighted by Gasteiger charge is -2.40. The maximum Gasteiger partial charge on any atom is 0.236 e. The van der Waals surface area contributed by atoms with Crippen LogP contribution in [0.1, 0.15) is 37.0 Å². The molecule has 2 saturated heterocycles. The van der Waals surface area contributed by atoms with E-state index in [1.165, 1.54) is 37.0 Å². The molecule has 8 heteroatoms. The lowest BCUT2D eigenvalue weighted by Crippen LogP contribution is -2.56. The van der Waals surface area contributed by atoms with Crippen LogP contribution in [0, 0.1) is 0 Å². The van der Waals surface area contributed by atoms with Crippen molar-refractivity contribution in [3.63, 3.8) is 0 Å². The monoisotopic (exact) mass is 447 g/mol. The highest BCUT2D eigenvalue weighted by Crippen LogP contribution is 2.41. The predicted octanol–water partition coefficient (Wildman–Crippen LogP) is 2.00. The Balaban J connectivity index is 1.28. The molecular weight excluding hydrogens is 410 g/mol. The number of guanidine groups is 1. The highest BCUT2D eigenvalue weighted by molar-refractivity contribution is 7.10. The highest BCUT2D eigenvalue weighted by atomic mass is 32.1. The maximum atomic E-state index is 12.5. The van der Waals surface area contributed by atoms with E-state index < -0.39 is 0 Å². The summed E-state index contributed by atoms with van der Waals surface area (Å²) in [7, 11) is 1.88. The van der Waals surface area contributed by atoms with Crippen LogP contribution in [-0.2, 0) is 14.9 Å². The Morgan fingerprint density at radius 2 is 1.84 bits per heavy atom. The first-order valence-electron chi connectivity index (χ1n) is 11.8. The Bertz CT molecular complexity index is 718. The van der Waals surface area contributed by atoms with Gasteiger partial charge >= 0.3 is 0 Å². The van der Waals surface area contributed by atoms with E-state index in [-0.39, 0.29) is 11.3 Å². The number of amides is 1. The van der Waals surface area contributed by atoms with Gasteiger partial charge < -0.3 is 19.9 Å². The Morgan fingerprint density at radius 3 is 2.48 bits per heavy atom. The minimum Gasteiger partial charge on any atom is -0.378 e. The largest absolute Gasteiger partial charge is 0.378 e. The van der Waals surface area contributed by atoms with Gasteiger partial charge in [0.25, 0.3) is 0 Å². The zero-order valence-electron chi connectivity index (χ0n) is 18.9. The van der Waals surface area contributed by atoms with Gasteiger partial charge in [0.1, 0.15) is 0 Å². The summed E-state index contributed by atoms with van der Waals surface area (Å²) in [6.07, 6.45) is 6.50. The first kappa shape index (κ1) is 22.6. The van der Waals surface area contributed by atoms with Crippen LogP contribution in [0.2, 0.25) is 0 Å². The first-order valence-corrected chi connectivity index (χ1v) is 12.7. The topological polar surface area (TPSA) is 60.4 Å². The molecule has 172 valence electrons. The van der Waals surface area contributed by atoms with Crippen LogP contribution in [-0.4, -0.2) is 99.2 Å². The number of nitrogens with zero attached hydrogens (tertiary/aromatic N) is 4. The molecule has 0 bridgehead atoms. The molecule has 0 unspecified atom stereocenters. The number of carbonyl (C=O) groups is 1. The van der Waals surface area contributed by atoms with Gasteiger partial charge in [0.15, 0.2) is 5.96 Å². The lowest BCUT2D eigenvalue weighted by atomic mass is 9.73. The summed E-state index contributed by atoms with van der Waals surface area (Å²) in [5.74, 6) is 1.23. The molecular formula is C23H37N5O2S. The van der Waals surface area contributed by atoms with Crippen LogP contribution >= 0.6 is 11.3 Å². The van der Waals surface area contributed by atoms with Crippen molar-refractivity contribution < 1.29 is 9.53 Å². The second kappa shape index (κ2) is 10.8. The van der Waals surface area contributed by atoms with Gasteiger partial charge in [-0.3, -0.25) is 14.7 Å². The second-order valence-corrected chi connectivity index (χ2v) is 9.92.